The molecule has 0 bridgehead atoms. The largest absolute Gasteiger partial charge is 0.286 e. The van der Waals surface area contributed by atoms with E-state index in [-0.39, 0.29) is 0 Å². The van der Waals surface area contributed by atoms with E-state index in [1.54, 1.807) is 0 Å². The average Bonchev–Trinajstić information content (AvgIpc) is 2.21. The molecule has 1 rings (SSSR count). The molecule has 15 heavy (non-hydrogen) atoms. The van der Waals surface area contributed by atoms with Crippen LogP contribution in [-0.2, 0) is 6.54 Å². The topological polar surface area (TPSA) is 27.0 Å². The van der Waals surface area contributed by atoms with Crippen molar-refractivity contribution in [2.45, 2.75) is 20.4 Å². The van der Waals surface area contributed by atoms with Crippen molar-refractivity contribution in [2.24, 2.45) is 0 Å². The lowest BCUT2D eigenvalue weighted by Crippen LogP contribution is -2.23. The van der Waals surface area contributed by atoms with Gasteiger partial charge in [-0.2, -0.15) is 5.26 Å². The first kappa shape index (κ1) is 12.0. The molecule has 3 heteroatoms. The van der Waals surface area contributed by atoms with Crippen molar-refractivity contribution < 1.29 is 0 Å². The number of nitriles is 1. The molecule has 80 valence electrons. The lowest BCUT2D eigenvalue weighted by molar-refractivity contribution is 0.315. The van der Waals surface area contributed by atoms with Crippen molar-refractivity contribution in [3.05, 3.63) is 34.3 Å². The molecule has 0 unspecified atom stereocenters. The second-order valence-electron chi connectivity index (χ2n) is 3.56. The highest BCUT2D eigenvalue weighted by Gasteiger charge is 2.06. The average molecular weight is 223 g/mol. The van der Waals surface area contributed by atoms with Gasteiger partial charge in [-0.1, -0.05) is 30.7 Å². The van der Waals surface area contributed by atoms with Crippen molar-refractivity contribution in [1.29, 1.82) is 5.26 Å². The van der Waals surface area contributed by atoms with Gasteiger partial charge in [-0.05, 0) is 30.7 Å². The highest BCUT2D eigenvalue weighted by Crippen LogP contribution is 2.19. The molecule has 0 amide bonds. The fourth-order valence-corrected chi connectivity index (χ4v) is 1.70. The van der Waals surface area contributed by atoms with Crippen LogP contribution in [0, 0.1) is 18.3 Å². The number of benzene rings is 1. The van der Waals surface area contributed by atoms with Crippen LogP contribution < -0.4 is 0 Å². The molecule has 0 saturated heterocycles. The molecular formula is C12H15ClN2. The number of hydrogen-bond acceptors (Lipinski definition) is 2. The maximum atomic E-state index is 8.63. The summed E-state index contributed by atoms with van der Waals surface area (Å²) in [6, 6.07) is 8.18. The zero-order chi connectivity index (χ0) is 11.3. The molecule has 0 aliphatic heterocycles. The quantitative estimate of drug-likeness (QED) is 0.733. The van der Waals surface area contributed by atoms with Gasteiger partial charge in [0.1, 0.15) is 0 Å². The highest BCUT2D eigenvalue weighted by molar-refractivity contribution is 6.31. The maximum Gasteiger partial charge on any atom is 0.0868 e. The minimum atomic E-state index is 0.445. The van der Waals surface area contributed by atoms with Crippen LogP contribution in [0.3, 0.4) is 0 Å². The molecule has 0 atom stereocenters. The Hall–Kier alpha value is -1.04. The molecule has 0 radical (unpaired) electrons. The van der Waals surface area contributed by atoms with Crippen LogP contribution in [0.2, 0.25) is 5.02 Å². The van der Waals surface area contributed by atoms with Crippen molar-refractivity contribution >= 4 is 11.6 Å². The van der Waals surface area contributed by atoms with Crippen LogP contribution in [0.1, 0.15) is 18.1 Å². The Balaban J connectivity index is 2.75. The van der Waals surface area contributed by atoms with Gasteiger partial charge in [0.2, 0.25) is 0 Å². The van der Waals surface area contributed by atoms with E-state index in [1.807, 2.05) is 32.0 Å². The van der Waals surface area contributed by atoms with E-state index >= 15 is 0 Å². The molecule has 2 nitrogen and oxygen atoms in total. The van der Waals surface area contributed by atoms with Crippen molar-refractivity contribution in [3.63, 3.8) is 0 Å². The van der Waals surface area contributed by atoms with Crippen molar-refractivity contribution in [3.8, 4) is 6.07 Å². The standard InChI is InChI=1S/C12H15ClN2/c1-3-15(7-6-14)9-11-5-4-10(2)8-12(11)13/h4-5,8H,3,7,9H2,1-2H3. The number of rotatable bonds is 4. The summed E-state index contributed by atoms with van der Waals surface area (Å²) in [4.78, 5) is 2.05. The van der Waals surface area contributed by atoms with Gasteiger partial charge in [0.05, 0.1) is 12.6 Å². The molecule has 0 aliphatic rings. The second kappa shape index (κ2) is 5.75. The molecule has 0 heterocycles. The number of halogens is 1. The Morgan fingerprint density at radius 2 is 2.20 bits per heavy atom. The van der Waals surface area contributed by atoms with E-state index in [0.717, 1.165) is 29.2 Å². The zero-order valence-corrected chi connectivity index (χ0v) is 9.88. The van der Waals surface area contributed by atoms with Crippen LogP contribution in [-0.4, -0.2) is 18.0 Å². The van der Waals surface area contributed by atoms with Gasteiger partial charge in [0, 0.05) is 11.6 Å². The monoisotopic (exact) mass is 222 g/mol. The summed E-state index contributed by atoms with van der Waals surface area (Å²) in [7, 11) is 0. The van der Waals surface area contributed by atoms with E-state index in [4.69, 9.17) is 16.9 Å². The molecule has 0 fully saturated rings. The molecular weight excluding hydrogens is 208 g/mol. The second-order valence-corrected chi connectivity index (χ2v) is 3.96. The smallest absolute Gasteiger partial charge is 0.0868 e. The third-order valence-corrected chi connectivity index (χ3v) is 2.70. The Morgan fingerprint density at radius 3 is 2.73 bits per heavy atom. The van der Waals surface area contributed by atoms with Gasteiger partial charge < -0.3 is 0 Å². The summed E-state index contributed by atoms with van der Waals surface area (Å²) in [6.45, 7) is 6.10. The molecule has 0 N–H and O–H groups in total. The summed E-state index contributed by atoms with van der Waals surface area (Å²) in [5.41, 5.74) is 2.24. The number of aryl methyl sites for hydroxylation is 1. The van der Waals surface area contributed by atoms with Crippen LogP contribution in [0.25, 0.3) is 0 Å². The Labute approximate surface area is 96.1 Å². The number of nitrogens with zero attached hydrogens (tertiary/aromatic N) is 2. The van der Waals surface area contributed by atoms with Gasteiger partial charge >= 0.3 is 0 Å². The zero-order valence-electron chi connectivity index (χ0n) is 9.13. The minimum absolute atomic E-state index is 0.445. The summed E-state index contributed by atoms with van der Waals surface area (Å²) < 4.78 is 0. The molecule has 0 saturated carbocycles. The van der Waals surface area contributed by atoms with Crippen molar-refractivity contribution in [2.75, 3.05) is 13.1 Å². The van der Waals surface area contributed by atoms with Gasteiger partial charge in [0.15, 0.2) is 0 Å². The number of hydrogen-bond donors (Lipinski definition) is 0. The van der Waals surface area contributed by atoms with E-state index in [9.17, 15) is 0 Å². The summed E-state index contributed by atoms with van der Waals surface area (Å²) >= 11 is 6.12. The normalized spacial score (nSPS) is 10.3. The maximum absolute atomic E-state index is 8.63. The van der Waals surface area contributed by atoms with Crippen LogP contribution in [0.5, 0.6) is 0 Å². The lowest BCUT2D eigenvalue weighted by Gasteiger charge is -2.17. The minimum Gasteiger partial charge on any atom is -0.286 e. The Morgan fingerprint density at radius 1 is 1.47 bits per heavy atom. The van der Waals surface area contributed by atoms with Crippen LogP contribution in [0.4, 0.5) is 0 Å². The predicted octanol–water partition coefficient (Wildman–Crippen LogP) is 2.99. The third kappa shape index (κ3) is 3.54. The van der Waals surface area contributed by atoms with E-state index in [1.165, 1.54) is 0 Å². The summed E-state index contributed by atoms with van der Waals surface area (Å²) in [5, 5.41) is 9.42. The van der Waals surface area contributed by atoms with E-state index < -0.39 is 0 Å². The fourth-order valence-electron chi connectivity index (χ4n) is 1.40. The first-order chi connectivity index (χ1) is 7.17. The first-order valence-electron chi connectivity index (χ1n) is 5.01. The van der Waals surface area contributed by atoms with E-state index in [2.05, 4.69) is 11.0 Å². The van der Waals surface area contributed by atoms with Crippen LogP contribution in [0.15, 0.2) is 18.2 Å². The van der Waals surface area contributed by atoms with Crippen LogP contribution >= 0.6 is 11.6 Å². The molecule has 0 aliphatic carbocycles. The predicted molar refractivity (Wildman–Crippen MR) is 62.8 cm³/mol. The third-order valence-electron chi connectivity index (χ3n) is 2.34. The Bertz CT molecular complexity index is 368. The van der Waals surface area contributed by atoms with E-state index in [0.29, 0.717) is 6.54 Å². The lowest BCUT2D eigenvalue weighted by atomic mass is 10.1. The molecule has 0 aromatic heterocycles. The molecule has 1 aromatic carbocycles. The molecule has 0 spiro atoms. The van der Waals surface area contributed by atoms with Gasteiger partial charge in [0.25, 0.3) is 0 Å². The van der Waals surface area contributed by atoms with Gasteiger partial charge in [-0.3, -0.25) is 4.90 Å². The summed E-state index contributed by atoms with van der Waals surface area (Å²) in [6.07, 6.45) is 0. The molecule has 1 aromatic rings. The first-order valence-corrected chi connectivity index (χ1v) is 5.39. The highest BCUT2D eigenvalue weighted by atomic mass is 35.5. The fraction of sp³-hybridized carbons (Fsp3) is 0.417. The Kier molecular flexibility index (Phi) is 4.61. The van der Waals surface area contributed by atoms with Gasteiger partial charge in [-0.25, -0.2) is 0 Å². The summed E-state index contributed by atoms with van der Waals surface area (Å²) in [5.74, 6) is 0. The van der Waals surface area contributed by atoms with Crippen molar-refractivity contribution in [1.82, 2.24) is 4.90 Å². The SMILES string of the molecule is CCN(CC#N)Cc1ccc(C)cc1Cl. The van der Waals surface area contributed by atoms with Gasteiger partial charge in [-0.15, -0.1) is 0 Å².